The third-order valence-electron chi connectivity index (χ3n) is 2.24. The highest BCUT2D eigenvalue weighted by Crippen LogP contribution is 2.36. The summed E-state index contributed by atoms with van der Waals surface area (Å²) < 4.78 is 78.0. The summed E-state index contributed by atoms with van der Waals surface area (Å²) in [4.78, 5) is 0. The molecule has 0 aliphatic heterocycles. The first-order valence-corrected chi connectivity index (χ1v) is 5.49. The van der Waals surface area contributed by atoms with E-state index in [4.69, 9.17) is 0 Å². The van der Waals surface area contributed by atoms with Crippen LogP contribution in [0.5, 0.6) is 0 Å². The molecule has 110 valence electrons. The van der Waals surface area contributed by atoms with Crippen molar-refractivity contribution in [2.24, 2.45) is 5.92 Å². The van der Waals surface area contributed by atoms with E-state index in [2.05, 4.69) is 10.1 Å². The quantitative estimate of drug-likeness (QED) is 0.755. The maximum absolute atomic E-state index is 12.3. The van der Waals surface area contributed by atoms with E-state index in [1.807, 2.05) is 0 Å². The van der Waals surface area contributed by atoms with Gasteiger partial charge in [-0.1, -0.05) is 20.8 Å². The first kappa shape index (κ1) is 17.5. The van der Waals surface area contributed by atoms with Crippen LogP contribution in [-0.4, -0.2) is 37.7 Å². The zero-order valence-corrected chi connectivity index (χ0v) is 10.3. The molecular weight excluding hydrogens is 264 g/mol. The van der Waals surface area contributed by atoms with E-state index in [0.717, 1.165) is 0 Å². The second-order valence-electron chi connectivity index (χ2n) is 4.19. The highest BCUT2D eigenvalue weighted by Gasteiger charge is 2.58. The largest absolute Gasteiger partial charge is 0.423 e. The predicted octanol–water partition coefficient (Wildman–Crippen LogP) is 3.13. The van der Waals surface area contributed by atoms with Crippen molar-refractivity contribution >= 4 is 0 Å². The average Bonchev–Trinajstić information content (AvgIpc) is 2.13. The molecule has 0 heterocycles. The van der Waals surface area contributed by atoms with Crippen molar-refractivity contribution in [1.82, 2.24) is 5.32 Å². The molecule has 0 aromatic carbocycles. The van der Waals surface area contributed by atoms with E-state index in [-0.39, 0.29) is 6.54 Å². The second kappa shape index (κ2) is 6.60. The van der Waals surface area contributed by atoms with Crippen LogP contribution in [0.4, 0.5) is 26.3 Å². The molecule has 1 atom stereocenters. The Hall–Kier alpha value is -0.500. The molecule has 0 bridgehead atoms. The van der Waals surface area contributed by atoms with E-state index >= 15 is 0 Å². The summed E-state index contributed by atoms with van der Waals surface area (Å²) in [5.74, 6) is -0.462. The molecule has 0 aromatic heterocycles. The van der Waals surface area contributed by atoms with E-state index in [1.165, 1.54) is 13.8 Å². The molecule has 0 aliphatic carbocycles. The Morgan fingerprint density at radius 2 is 1.44 bits per heavy atom. The van der Waals surface area contributed by atoms with Gasteiger partial charge in [-0.3, -0.25) is 0 Å². The van der Waals surface area contributed by atoms with E-state index in [9.17, 15) is 26.3 Å². The lowest BCUT2D eigenvalue weighted by molar-refractivity contribution is -0.333. The standard InChI is InChI=1S/C10H17F6NO/c1-4-17-5-7(6(2)3)18-8(9(11,12)13)10(14,15)16/h6-8,17H,4-5H2,1-3H3. The number of ether oxygens (including phenoxy) is 1. The van der Waals surface area contributed by atoms with Crippen molar-refractivity contribution in [3.63, 3.8) is 0 Å². The minimum absolute atomic E-state index is 0.0587. The third kappa shape index (κ3) is 5.90. The molecule has 0 aromatic rings. The topological polar surface area (TPSA) is 21.3 Å². The first-order chi connectivity index (χ1) is 8.00. The molecule has 1 N–H and O–H groups in total. The van der Waals surface area contributed by atoms with Crippen LogP contribution in [0.3, 0.4) is 0 Å². The predicted molar refractivity (Wildman–Crippen MR) is 54.2 cm³/mol. The van der Waals surface area contributed by atoms with Crippen LogP contribution in [-0.2, 0) is 4.74 Å². The van der Waals surface area contributed by atoms with Crippen LogP contribution in [0.2, 0.25) is 0 Å². The lowest BCUT2D eigenvalue weighted by Crippen LogP contribution is -2.49. The zero-order chi connectivity index (χ0) is 14.6. The molecule has 2 nitrogen and oxygen atoms in total. The lowest BCUT2D eigenvalue weighted by atomic mass is 10.1. The normalized spacial score (nSPS) is 15.5. The Balaban J connectivity index is 4.82. The van der Waals surface area contributed by atoms with Crippen molar-refractivity contribution < 1.29 is 31.1 Å². The monoisotopic (exact) mass is 281 g/mol. The average molecular weight is 281 g/mol. The van der Waals surface area contributed by atoms with Crippen LogP contribution in [0.25, 0.3) is 0 Å². The van der Waals surface area contributed by atoms with Gasteiger partial charge in [0.15, 0.2) is 0 Å². The molecule has 18 heavy (non-hydrogen) atoms. The molecule has 0 spiro atoms. The molecule has 0 fully saturated rings. The van der Waals surface area contributed by atoms with Gasteiger partial charge in [-0.2, -0.15) is 26.3 Å². The van der Waals surface area contributed by atoms with Crippen LogP contribution in [0.15, 0.2) is 0 Å². The lowest BCUT2D eigenvalue weighted by Gasteiger charge is -2.30. The van der Waals surface area contributed by atoms with Crippen molar-refractivity contribution in [3.05, 3.63) is 0 Å². The number of nitrogens with one attached hydrogen (secondary N) is 1. The van der Waals surface area contributed by atoms with Crippen molar-refractivity contribution in [3.8, 4) is 0 Å². The minimum Gasteiger partial charge on any atom is -0.356 e. The fourth-order valence-corrected chi connectivity index (χ4v) is 1.24. The molecule has 8 heteroatoms. The maximum atomic E-state index is 12.3. The Morgan fingerprint density at radius 3 is 1.72 bits per heavy atom. The number of hydrogen-bond acceptors (Lipinski definition) is 2. The minimum atomic E-state index is -5.46. The fourth-order valence-electron chi connectivity index (χ4n) is 1.24. The van der Waals surface area contributed by atoms with E-state index in [0.29, 0.717) is 6.54 Å². The molecule has 1 unspecified atom stereocenters. The van der Waals surface area contributed by atoms with Gasteiger partial charge in [0, 0.05) is 6.54 Å². The second-order valence-corrected chi connectivity index (χ2v) is 4.19. The van der Waals surface area contributed by atoms with Gasteiger partial charge in [-0.15, -0.1) is 0 Å². The van der Waals surface area contributed by atoms with Gasteiger partial charge in [-0.25, -0.2) is 0 Å². The smallest absolute Gasteiger partial charge is 0.356 e. The van der Waals surface area contributed by atoms with Gasteiger partial charge in [-0.05, 0) is 12.5 Å². The molecule has 0 radical (unpaired) electrons. The molecule has 0 amide bonds. The van der Waals surface area contributed by atoms with Gasteiger partial charge in [0.05, 0.1) is 6.10 Å². The Bertz CT molecular complexity index is 224. The van der Waals surface area contributed by atoms with Crippen molar-refractivity contribution in [2.75, 3.05) is 13.1 Å². The maximum Gasteiger partial charge on any atom is 0.423 e. The van der Waals surface area contributed by atoms with Crippen LogP contribution >= 0.6 is 0 Å². The number of halogens is 6. The SMILES string of the molecule is CCNCC(OC(C(F)(F)F)C(F)(F)F)C(C)C. The third-order valence-corrected chi connectivity index (χ3v) is 2.24. The molecule has 0 saturated heterocycles. The molecule has 0 rings (SSSR count). The van der Waals surface area contributed by atoms with Gasteiger partial charge >= 0.3 is 12.4 Å². The summed E-state index contributed by atoms with van der Waals surface area (Å²) in [6.45, 7) is 5.09. The van der Waals surface area contributed by atoms with Gasteiger partial charge in [0.25, 0.3) is 0 Å². The number of hydrogen-bond donors (Lipinski definition) is 1. The summed E-state index contributed by atoms with van der Waals surface area (Å²) in [7, 11) is 0. The van der Waals surface area contributed by atoms with E-state index in [1.54, 1.807) is 6.92 Å². The summed E-state index contributed by atoms with van der Waals surface area (Å²) >= 11 is 0. The molecule has 0 saturated carbocycles. The summed E-state index contributed by atoms with van der Waals surface area (Å²) in [6.07, 6.45) is -15.8. The fraction of sp³-hybridized carbons (Fsp3) is 1.00. The molecular formula is C10H17F6NO. The number of likely N-dealkylation sites (N-methyl/N-ethyl adjacent to an activating group) is 1. The first-order valence-electron chi connectivity index (χ1n) is 5.49. The zero-order valence-electron chi connectivity index (χ0n) is 10.3. The van der Waals surface area contributed by atoms with Crippen LogP contribution < -0.4 is 5.32 Å². The van der Waals surface area contributed by atoms with E-state index < -0.39 is 30.5 Å². The van der Waals surface area contributed by atoms with Gasteiger partial charge in [0.1, 0.15) is 0 Å². The Morgan fingerprint density at radius 1 is 1.00 bits per heavy atom. The summed E-state index contributed by atoms with van der Waals surface area (Å²) in [6, 6.07) is 0. The number of rotatable bonds is 6. The summed E-state index contributed by atoms with van der Waals surface area (Å²) in [5, 5.41) is 2.68. The van der Waals surface area contributed by atoms with Crippen molar-refractivity contribution in [2.45, 2.75) is 45.3 Å². The highest BCUT2D eigenvalue weighted by atomic mass is 19.4. The Kier molecular flexibility index (Phi) is 6.42. The molecule has 0 aliphatic rings. The van der Waals surface area contributed by atoms with Crippen LogP contribution in [0.1, 0.15) is 20.8 Å². The van der Waals surface area contributed by atoms with Crippen LogP contribution in [0, 0.1) is 5.92 Å². The number of alkyl halides is 6. The van der Waals surface area contributed by atoms with Gasteiger partial charge in [0.2, 0.25) is 6.10 Å². The highest BCUT2D eigenvalue weighted by molar-refractivity contribution is 4.79. The van der Waals surface area contributed by atoms with Crippen molar-refractivity contribution in [1.29, 1.82) is 0 Å². The Labute approximate surface area is 102 Å². The van der Waals surface area contributed by atoms with Gasteiger partial charge < -0.3 is 10.1 Å². The summed E-state index contributed by atoms with van der Waals surface area (Å²) in [5.41, 5.74) is 0.